The van der Waals surface area contributed by atoms with E-state index in [4.69, 9.17) is 16.3 Å². The predicted molar refractivity (Wildman–Crippen MR) is 123 cm³/mol. The van der Waals surface area contributed by atoms with E-state index >= 15 is 0 Å². The van der Waals surface area contributed by atoms with Crippen molar-refractivity contribution in [1.82, 2.24) is 10.2 Å². The highest BCUT2D eigenvalue weighted by atomic mass is 35.5. The molecule has 31 heavy (non-hydrogen) atoms. The molecule has 0 heterocycles. The Hall–Kier alpha value is -2.53. The summed E-state index contributed by atoms with van der Waals surface area (Å²) < 4.78 is 5.84. The van der Waals surface area contributed by atoms with Gasteiger partial charge in [0.05, 0.1) is 0 Å². The fraction of sp³-hybridized carbons (Fsp3) is 0.440. The molecule has 0 radical (unpaired) electrons. The molecule has 0 bridgehead atoms. The molecule has 1 fully saturated rings. The molecule has 1 saturated carbocycles. The molecule has 1 N–H and O–H groups in total. The van der Waals surface area contributed by atoms with Crippen LogP contribution in [-0.4, -0.2) is 35.4 Å². The summed E-state index contributed by atoms with van der Waals surface area (Å²) in [6.45, 7) is 5.89. The number of hydrogen-bond acceptors (Lipinski definition) is 3. The molecule has 166 valence electrons. The highest BCUT2D eigenvalue weighted by Crippen LogP contribution is 2.21. The van der Waals surface area contributed by atoms with Crippen molar-refractivity contribution in [3.05, 3.63) is 64.2 Å². The second-order valence-electron chi connectivity index (χ2n) is 8.37. The topological polar surface area (TPSA) is 58.6 Å². The Balaban J connectivity index is 1.72. The number of benzene rings is 2. The number of aryl methyl sites for hydroxylation is 2. The van der Waals surface area contributed by atoms with Gasteiger partial charge in [-0.25, -0.2) is 0 Å². The van der Waals surface area contributed by atoms with Crippen LogP contribution in [0.4, 0.5) is 0 Å². The third-order valence-corrected chi connectivity index (χ3v) is 6.08. The summed E-state index contributed by atoms with van der Waals surface area (Å²) in [6, 6.07) is 12.8. The summed E-state index contributed by atoms with van der Waals surface area (Å²) in [4.78, 5) is 27.6. The molecule has 0 spiro atoms. The Labute approximate surface area is 189 Å². The summed E-state index contributed by atoms with van der Waals surface area (Å²) >= 11 is 6.00. The Bertz CT molecular complexity index is 907. The lowest BCUT2D eigenvalue weighted by atomic mass is 10.1. The molecule has 5 nitrogen and oxygen atoms in total. The maximum Gasteiger partial charge on any atom is 0.261 e. The molecule has 2 aromatic carbocycles. The highest BCUT2D eigenvalue weighted by Gasteiger charge is 2.28. The molecule has 2 aromatic rings. The van der Waals surface area contributed by atoms with E-state index in [1.165, 1.54) is 0 Å². The van der Waals surface area contributed by atoms with E-state index in [1.54, 1.807) is 24.0 Å². The van der Waals surface area contributed by atoms with E-state index in [9.17, 15) is 9.59 Å². The Morgan fingerprint density at radius 3 is 2.48 bits per heavy atom. The first-order valence-electron chi connectivity index (χ1n) is 10.9. The van der Waals surface area contributed by atoms with Crippen LogP contribution in [0.5, 0.6) is 5.75 Å². The number of nitrogens with one attached hydrogen (secondary N) is 1. The first-order chi connectivity index (χ1) is 14.8. The van der Waals surface area contributed by atoms with Crippen LogP contribution in [0.25, 0.3) is 0 Å². The quantitative estimate of drug-likeness (QED) is 0.638. The van der Waals surface area contributed by atoms with Crippen molar-refractivity contribution in [1.29, 1.82) is 0 Å². The van der Waals surface area contributed by atoms with Gasteiger partial charge < -0.3 is 15.0 Å². The number of carbonyl (C=O) groups is 2. The van der Waals surface area contributed by atoms with Crippen LogP contribution in [0.2, 0.25) is 5.02 Å². The van der Waals surface area contributed by atoms with Gasteiger partial charge in [0.15, 0.2) is 6.61 Å². The zero-order valence-corrected chi connectivity index (χ0v) is 19.2. The molecule has 6 heteroatoms. The van der Waals surface area contributed by atoms with Gasteiger partial charge in [-0.2, -0.15) is 0 Å². The summed E-state index contributed by atoms with van der Waals surface area (Å²) in [5.74, 6) is 0.328. The summed E-state index contributed by atoms with van der Waals surface area (Å²) in [7, 11) is 0. The van der Waals surface area contributed by atoms with Crippen molar-refractivity contribution >= 4 is 23.4 Å². The molecular weight excluding hydrogens is 412 g/mol. The molecule has 0 unspecified atom stereocenters. The van der Waals surface area contributed by atoms with Gasteiger partial charge in [-0.15, -0.1) is 0 Å². The van der Waals surface area contributed by atoms with E-state index < -0.39 is 6.04 Å². The number of hydrogen-bond donors (Lipinski definition) is 1. The Morgan fingerprint density at radius 2 is 1.81 bits per heavy atom. The molecule has 1 atom stereocenters. The van der Waals surface area contributed by atoms with Gasteiger partial charge in [-0.05, 0) is 68.5 Å². The highest BCUT2D eigenvalue weighted by molar-refractivity contribution is 6.30. The zero-order valence-electron chi connectivity index (χ0n) is 18.5. The first-order valence-corrected chi connectivity index (χ1v) is 11.3. The van der Waals surface area contributed by atoms with Gasteiger partial charge in [0.1, 0.15) is 11.8 Å². The average molecular weight is 443 g/mol. The van der Waals surface area contributed by atoms with Crippen LogP contribution >= 0.6 is 11.6 Å². The Morgan fingerprint density at radius 1 is 1.13 bits per heavy atom. The standard InChI is InChI=1S/C25H31ClN2O3/c1-17-8-9-18(2)23(14-17)31-16-24(29)28(15-20-10-12-21(26)13-11-20)19(3)25(30)27-22-6-4-5-7-22/h8-14,19,22H,4-7,15-16H2,1-3H3,(H,27,30)/t19-/m0/s1. The van der Waals surface area contributed by atoms with Crippen molar-refractivity contribution in [2.75, 3.05) is 6.61 Å². The molecule has 3 rings (SSSR count). The van der Waals surface area contributed by atoms with Gasteiger partial charge in [-0.3, -0.25) is 9.59 Å². The lowest BCUT2D eigenvalue weighted by molar-refractivity contribution is -0.142. The van der Waals surface area contributed by atoms with Crippen molar-refractivity contribution in [2.45, 2.75) is 65.1 Å². The molecule has 0 aromatic heterocycles. The number of halogens is 1. The third kappa shape index (κ3) is 6.47. The van der Waals surface area contributed by atoms with Crippen LogP contribution in [0.3, 0.4) is 0 Å². The molecule has 1 aliphatic carbocycles. The normalized spacial score (nSPS) is 14.8. The van der Waals surface area contributed by atoms with Crippen molar-refractivity contribution in [3.63, 3.8) is 0 Å². The lowest BCUT2D eigenvalue weighted by Gasteiger charge is -2.29. The molecule has 1 aliphatic rings. The third-order valence-electron chi connectivity index (χ3n) is 5.83. The second-order valence-corrected chi connectivity index (χ2v) is 8.81. The van der Waals surface area contributed by atoms with Crippen LogP contribution in [-0.2, 0) is 16.1 Å². The average Bonchev–Trinajstić information content (AvgIpc) is 3.26. The maximum atomic E-state index is 13.2. The molecule has 0 aliphatic heterocycles. The van der Waals surface area contributed by atoms with Gasteiger partial charge in [0.25, 0.3) is 5.91 Å². The van der Waals surface area contributed by atoms with Crippen molar-refractivity contribution < 1.29 is 14.3 Å². The minimum Gasteiger partial charge on any atom is -0.483 e. The number of carbonyl (C=O) groups excluding carboxylic acids is 2. The van der Waals surface area contributed by atoms with E-state index in [-0.39, 0.29) is 24.5 Å². The van der Waals surface area contributed by atoms with Crippen LogP contribution < -0.4 is 10.1 Å². The maximum absolute atomic E-state index is 13.2. The van der Waals surface area contributed by atoms with Crippen LogP contribution in [0, 0.1) is 13.8 Å². The smallest absolute Gasteiger partial charge is 0.261 e. The van der Waals surface area contributed by atoms with E-state index in [0.29, 0.717) is 17.3 Å². The number of amides is 2. The van der Waals surface area contributed by atoms with E-state index in [2.05, 4.69) is 5.32 Å². The predicted octanol–water partition coefficient (Wildman–Crippen LogP) is 4.81. The minimum atomic E-state index is -0.606. The second kappa shape index (κ2) is 10.7. The van der Waals surface area contributed by atoms with Gasteiger partial charge in [-0.1, -0.05) is 48.7 Å². The Kier molecular flexibility index (Phi) is 7.97. The number of nitrogens with zero attached hydrogens (tertiary/aromatic N) is 1. The van der Waals surface area contributed by atoms with Crippen LogP contribution in [0.15, 0.2) is 42.5 Å². The number of ether oxygens (including phenoxy) is 1. The van der Waals surface area contributed by atoms with Gasteiger partial charge >= 0.3 is 0 Å². The lowest BCUT2D eigenvalue weighted by Crippen LogP contribution is -2.50. The van der Waals surface area contributed by atoms with Crippen LogP contribution in [0.1, 0.15) is 49.3 Å². The largest absolute Gasteiger partial charge is 0.483 e. The summed E-state index contributed by atoms with van der Waals surface area (Å²) in [6.07, 6.45) is 4.27. The van der Waals surface area contributed by atoms with Gasteiger partial charge in [0.2, 0.25) is 5.91 Å². The number of rotatable bonds is 8. The van der Waals surface area contributed by atoms with Crippen molar-refractivity contribution in [3.8, 4) is 5.75 Å². The molecular formula is C25H31ClN2O3. The van der Waals surface area contributed by atoms with E-state index in [1.807, 2.05) is 44.2 Å². The van der Waals surface area contributed by atoms with Crippen molar-refractivity contribution in [2.24, 2.45) is 0 Å². The fourth-order valence-electron chi connectivity index (χ4n) is 3.85. The molecule has 2 amide bonds. The minimum absolute atomic E-state index is 0.124. The monoisotopic (exact) mass is 442 g/mol. The summed E-state index contributed by atoms with van der Waals surface area (Å²) in [5, 5.41) is 3.74. The van der Waals surface area contributed by atoms with E-state index in [0.717, 1.165) is 42.4 Å². The SMILES string of the molecule is Cc1ccc(C)c(OCC(=O)N(Cc2ccc(Cl)cc2)[C@@H](C)C(=O)NC2CCCC2)c1. The fourth-order valence-corrected chi connectivity index (χ4v) is 3.97. The zero-order chi connectivity index (χ0) is 22.4. The van der Waals surface area contributed by atoms with Gasteiger partial charge in [0, 0.05) is 17.6 Å². The molecule has 0 saturated heterocycles. The summed E-state index contributed by atoms with van der Waals surface area (Å²) in [5.41, 5.74) is 2.94. The first kappa shape index (κ1) is 23.1.